The van der Waals surface area contributed by atoms with Gasteiger partial charge in [-0.1, -0.05) is 12.1 Å². The summed E-state index contributed by atoms with van der Waals surface area (Å²) < 4.78 is 10.9. The van der Waals surface area contributed by atoms with E-state index in [2.05, 4.69) is 4.98 Å². The summed E-state index contributed by atoms with van der Waals surface area (Å²) >= 11 is 0. The maximum atomic E-state index is 12.5. The van der Waals surface area contributed by atoms with Gasteiger partial charge in [0.2, 0.25) is 0 Å². The molecule has 0 aliphatic carbocycles. The van der Waals surface area contributed by atoms with E-state index in [1.54, 1.807) is 38.5 Å². The van der Waals surface area contributed by atoms with Gasteiger partial charge < -0.3 is 14.5 Å². The van der Waals surface area contributed by atoms with E-state index in [0.717, 1.165) is 22.2 Å². The molecule has 2 aromatic carbocycles. The third kappa shape index (κ3) is 2.34. The molecule has 0 saturated carbocycles. The molecule has 0 fully saturated rings. The van der Waals surface area contributed by atoms with Crippen LogP contribution in [-0.2, 0) is 6.42 Å². The summed E-state index contributed by atoms with van der Waals surface area (Å²) in [6, 6.07) is 10.6. The average molecular weight is 350 g/mol. The van der Waals surface area contributed by atoms with E-state index in [4.69, 9.17) is 9.47 Å². The monoisotopic (exact) mass is 350 g/mol. The highest BCUT2D eigenvalue weighted by molar-refractivity contribution is 6.21. The maximum Gasteiger partial charge on any atom is 0.261 e. The molecule has 0 unspecified atom stereocenters. The van der Waals surface area contributed by atoms with Crippen LogP contribution >= 0.6 is 0 Å². The van der Waals surface area contributed by atoms with Gasteiger partial charge in [0.15, 0.2) is 0 Å². The van der Waals surface area contributed by atoms with Crippen molar-refractivity contribution >= 4 is 22.7 Å². The van der Waals surface area contributed by atoms with Crippen LogP contribution in [0.2, 0.25) is 0 Å². The number of aromatic nitrogens is 1. The van der Waals surface area contributed by atoms with E-state index in [9.17, 15) is 9.59 Å². The summed E-state index contributed by atoms with van der Waals surface area (Å²) in [5.74, 6) is 0.956. The Hall–Kier alpha value is -3.28. The van der Waals surface area contributed by atoms with Gasteiger partial charge in [-0.3, -0.25) is 14.5 Å². The first kappa shape index (κ1) is 16.2. The Morgan fingerprint density at radius 3 is 2.15 bits per heavy atom. The maximum absolute atomic E-state index is 12.5. The lowest BCUT2D eigenvalue weighted by molar-refractivity contribution is 0.0656. The van der Waals surface area contributed by atoms with Gasteiger partial charge in [0, 0.05) is 18.1 Å². The molecule has 4 rings (SSSR count). The van der Waals surface area contributed by atoms with Gasteiger partial charge >= 0.3 is 0 Å². The Kier molecular flexibility index (Phi) is 3.88. The second-order valence-electron chi connectivity index (χ2n) is 6.09. The number of ether oxygens (including phenoxy) is 2. The molecule has 3 aromatic rings. The van der Waals surface area contributed by atoms with Crippen molar-refractivity contribution in [3.8, 4) is 11.5 Å². The molecule has 0 atom stereocenters. The number of nitrogens with one attached hydrogen (secondary N) is 1. The van der Waals surface area contributed by atoms with Gasteiger partial charge in [-0.05, 0) is 36.2 Å². The molecule has 1 aromatic heterocycles. The van der Waals surface area contributed by atoms with Crippen molar-refractivity contribution in [3.63, 3.8) is 0 Å². The van der Waals surface area contributed by atoms with Crippen LogP contribution in [0, 0.1) is 0 Å². The van der Waals surface area contributed by atoms with Crippen molar-refractivity contribution in [3.05, 3.63) is 59.3 Å². The number of carbonyl (C=O) groups excluding carboxylic acids is 2. The molecule has 1 N–H and O–H groups in total. The molecule has 0 saturated heterocycles. The zero-order chi connectivity index (χ0) is 18.3. The van der Waals surface area contributed by atoms with Crippen LogP contribution < -0.4 is 9.47 Å². The summed E-state index contributed by atoms with van der Waals surface area (Å²) in [6.07, 6.45) is 2.39. The van der Waals surface area contributed by atoms with Crippen LogP contribution in [0.5, 0.6) is 11.5 Å². The fourth-order valence-electron chi connectivity index (χ4n) is 3.47. The first-order chi connectivity index (χ1) is 12.7. The molecule has 1 aliphatic rings. The molecule has 6 nitrogen and oxygen atoms in total. The van der Waals surface area contributed by atoms with Gasteiger partial charge in [0.05, 0.1) is 30.9 Å². The second kappa shape index (κ2) is 6.22. The summed E-state index contributed by atoms with van der Waals surface area (Å²) in [6.45, 7) is 0.305. The van der Waals surface area contributed by atoms with Crippen LogP contribution in [0.25, 0.3) is 10.9 Å². The topological polar surface area (TPSA) is 71.6 Å². The number of fused-ring (bicyclic) bond motifs is 2. The van der Waals surface area contributed by atoms with Gasteiger partial charge in [-0.25, -0.2) is 0 Å². The Morgan fingerprint density at radius 2 is 1.54 bits per heavy atom. The number of hydrogen-bond donors (Lipinski definition) is 1. The lowest BCUT2D eigenvalue weighted by Crippen LogP contribution is -2.31. The fraction of sp³-hybridized carbons (Fsp3) is 0.200. The quantitative estimate of drug-likeness (QED) is 0.718. The number of aromatic amines is 1. The average Bonchev–Trinajstić information content (AvgIpc) is 3.20. The van der Waals surface area contributed by atoms with Crippen molar-refractivity contribution in [2.24, 2.45) is 0 Å². The third-order valence-corrected chi connectivity index (χ3v) is 4.76. The van der Waals surface area contributed by atoms with Crippen LogP contribution in [0.4, 0.5) is 0 Å². The number of hydrogen-bond acceptors (Lipinski definition) is 4. The molecule has 26 heavy (non-hydrogen) atoms. The van der Waals surface area contributed by atoms with Crippen molar-refractivity contribution in [2.45, 2.75) is 6.42 Å². The lowest BCUT2D eigenvalue weighted by atomic mass is 10.1. The predicted octanol–water partition coefficient (Wildman–Crippen LogP) is 3.02. The minimum atomic E-state index is -0.241. The molecule has 1 aliphatic heterocycles. The van der Waals surface area contributed by atoms with E-state index in [0.29, 0.717) is 29.8 Å². The smallest absolute Gasteiger partial charge is 0.261 e. The Labute approximate surface area is 150 Å². The normalized spacial score (nSPS) is 13.4. The van der Waals surface area contributed by atoms with E-state index in [1.165, 1.54) is 4.90 Å². The van der Waals surface area contributed by atoms with Crippen LogP contribution in [0.1, 0.15) is 26.3 Å². The van der Waals surface area contributed by atoms with Crippen LogP contribution in [-0.4, -0.2) is 42.5 Å². The number of nitrogens with zero attached hydrogens (tertiary/aromatic N) is 1. The summed E-state index contributed by atoms with van der Waals surface area (Å²) in [7, 11) is 3.22. The zero-order valence-corrected chi connectivity index (χ0v) is 14.5. The van der Waals surface area contributed by atoms with Crippen molar-refractivity contribution in [1.82, 2.24) is 9.88 Å². The van der Waals surface area contributed by atoms with Gasteiger partial charge in [0.1, 0.15) is 11.5 Å². The molecule has 6 heteroatoms. The minimum Gasteiger partial charge on any atom is -0.496 e. The second-order valence-corrected chi connectivity index (χ2v) is 6.09. The molecule has 2 heterocycles. The molecular weight excluding hydrogens is 332 g/mol. The Morgan fingerprint density at radius 1 is 0.923 bits per heavy atom. The summed E-state index contributed by atoms with van der Waals surface area (Å²) in [5, 5.41) is 0.906. The zero-order valence-electron chi connectivity index (χ0n) is 14.5. The van der Waals surface area contributed by atoms with Gasteiger partial charge in [-0.15, -0.1) is 0 Å². The van der Waals surface area contributed by atoms with Crippen LogP contribution in [0.15, 0.2) is 42.6 Å². The molecular formula is C20H18N2O4. The van der Waals surface area contributed by atoms with E-state index < -0.39 is 0 Å². The van der Waals surface area contributed by atoms with E-state index in [1.807, 2.05) is 18.3 Å². The molecule has 132 valence electrons. The highest BCUT2D eigenvalue weighted by Gasteiger charge is 2.34. The molecule has 0 spiro atoms. The van der Waals surface area contributed by atoms with Crippen molar-refractivity contribution < 1.29 is 19.1 Å². The first-order valence-electron chi connectivity index (χ1n) is 8.32. The largest absolute Gasteiger partial charge is 0.496 e. The lowest BCUT2D eigenvalue weighted by Gasteiger charge is -2.14. The van der Waals surface area contributed by atoms with Crippen molar-refractivity contribution in [2.75, 3.05) is 20.8 Å². The van der Waals surface area contributed by atoms with Gasteiger partial charge in [0.25, 0.3) is 11.8 Å². The summed E-state index contributed by atoms with van der Waals surface area (Å²) in [4.78, 5) is 29.5. The fourth-order valence-corrected chi connectivity index (χ4v) is 3.47. The minimum absolute atomic E-state index is 0.241. The Balaban J connectivity index is 1.63. The number of amides is 2. The number of benzene rings is 2. The Bertz CT molecular complexity index is 987. The number of rotatable bonds is 5. The van der Waals surface area contributed by atoms with Crippen molar-refractivity contribution in [1.29, 1.82) is 0 Å². The third-order valence-electron chi connectivity index (χ3n) is 4.76. The number of H-pyrrole nitrogens is 1. The van der Waals surface area contributed by atoms with E-state index >= 15 is 0 Å². The predicted molar refractivity (Wildman–Crippen MR) is 96.9 cm³/mol. The molecule has 0 bridgehead atoms. The highest BCUT2D eigenvalue weighted by Crippen LogP contribution is 2.35. The first-order valence-corrected chi connectivity index (χ1v) is 8.32. The highest BCUT2D eigenvalue weighted by atomic mass is 16.5. The SMILES string of the molecule is COc1ccc(OC)c2c(CCN3C(=O)c4ccccc4C3=O)c[nH]c12. The standard InChI is InChI=1S/C20H18N2O4/c1-25-15-7-8-16(26-2)18-17(15)12(11-21-18)9-10-22-19(23)13-5-3-4-6-14(13)20(22)24/h3-8,11,21H,9-10H2,1-2H3. The molecule has 0 radical (unpaired) electrons. The number of imide groups is 1. The van der Waals surface area contributed by atoms with Crippen LogP contribution in [0.3, 0.4) is 0 Å². The van der Waals surface area contributed by atoms with E-state index in [-0.39, 0.29) is 11.8 Å². The number of methoxy groups -OCH3 is 2. The number of carbonyl (C=O) groups is 2. The van der Waals surface area contributed by atoms with Gasteiger partial charge in [-0.2, -0.15) is 0 Å². The summed E-state index contributed by atoms with van der Waals surface area (Å²) in [5.41, 5.74) is 2.74. The molecule has 2 amide bonds.